The van der Waals surface area contributed by atoms with Crippen LogP contribution in [0.15, 0.2) is 48.8 Å². The Kier molecular flexibility index (Phi) is 10.6. The van der Waals surface area contributed by atoms with Crippen molar-refractivity contribution in [2.24, 2.45) is 0 Å². The Morgan fingerprint density at radius 3 is 2.07 bits per heavy atom. The first-order chi connectivity index (χ1) is 19.3. The minimum atomic E-state index is -5.15. The van der Waals surface area contributed by atoms with E-state index in [4.69, 9.17) is 26.2 Å². The fourth-order valence-corrected chi connectivity index (χ4v) is 2.89. The minimum absolute atomic E-state index is 0.165. The maximum atomic E-state index is 13.0. The summed E-state index contributed by atoms with van der Waals surface area (Å²) in [6.07, 6.45) is -13.8. The Morgan fingerprint density at radius 1 is 0.905 bits per heavy atom. The van der Waals surface area contributed by atoms with Crippen LogP contribution in [-0.2, 0) is 11.0 Å². The van der Waals surface area contributed by atoms with E-state index in [2.05, 4.69) is 30.7 Å². The number of halogens is 10. The van der Waals surface area contributed by atoms with E-state index in [0.29, 0.717) is 11.9 Å². The van der Waals surface area contributed by atoms with Crippen LogP contribution in [0.2, 0.25) is 5.02 Å². The van der Waals surface area contributed by atoms with E-state index >= 15 is 0 Å². The van der Waals surface area contributed by atoms with Gasteiger partial charge in [0.2, 0.25) is 5.88 Å². The summed E-state index contributed by atoms with van der Waals surface area (Å²) < 4.78 is 119. The number of ether oxygens (including phenoxy) is 2. The highest BCUT2D eigenvalue weighted by Gasteiger charge is 2.38. The summed E-state index contributed by atoms with van der Waals surface area (Å²) in [5.41, 5.74) is -1.49. The van der Waals surface area contributed by atoms with Crippen LogP contribution in [-0.4, -0.2) is 46.7 Å². The maximum absolute atomic E-state index is 13.0. The molecular weight excluding hydrogens is 621 g/mol. The lowest BCUT2D eigenvalue weighted by Crippen LogP contribution is -2.21. The molecule has 0 aliphatic heterocycles. The molecule has 0 bridgehead atoms. The standard InChI is InChI=1S/C20H14ClF6N5O3.C2HF3O2/c1-28-15-8-16(30-9-29-15)34-17-13(21)6-12(7-14(17)35-20(25,26)27)32-18(33)31-11-4-2-3-10(5-11)19(22,23)24;3-2(4,5)1(6)7/h2-9H,1H3,(H,28,29,30)(H2,31,32,33);(H,6,7). The van der Waals surface area contributed by atoms with Crippen molar-refractivity contribution in [3.05, 3.63) is 59.4 Å². The smallest absolute Gasteiger partial charge is 0.475 e. The van der Waals surface area contributed by atoms with Crippen molar-refractivity contribution in [3.8, 4) is 17.4 Å². The monoisotopic (exact) mass is 635 g/mol. The van der Waals surface area contributed by atoms with Crippen LogP contribution in [0.4, 0.5) is 61.5 Å². The topological polar surface area (TPSA) is 135 Å². The first-order valence-corrected chi connectivity index (χ1v) is 11.0. The number of carbonyl (C=O) groups is 2. The molecule has 42 heavy (non-hydrogen) atoms. The van der Waals surface area contributed by atoms with Crippen molar-refractivity contribution in [3.63, 3.8) is 0 Å². The lowest BCUT2D eigenvalue weighted by atomic mass is 10.2. The van der Waals surface area contributed by atoms with Crippen LogP contribution in [0.5, 0.6) is 17.4 Å². The highest BCUT2D eigenvalue weighted by Crippen LogP contribution is 2.43. The molecule has 0 spiro atoms. The molecule has 10 nitrogen and oxygen atoms in total. The van der Waals surface area contributed by atoms with E-state index in [0.717, 1.165) is 30.6 Å². The molecule has 0 unspecified atom stereocenters. The zero-order valence-corrected chi connectivity index (χ0v) is 21.1. The molecule has 3 aromatic rings. The van der Waals surface area contributed by atoms with Gasteiger partial charge in [0, 0.05) is 30.6 Å². The van der Waals surface area contributed by atoms with Crippen LogP contribution >= 0.6 is 11.6 Å². The summed E-state index contributed by atoms with van der Waals surface area (Å²) in [7, 11) is 1.54. The van der Waals surface area contributed by atoms with E-state index in [-0.39, 0.29) is 17.3 Å². The Morgan fingerprint density at radius 2 is 1.52 bits per heavy atom. The van der Waals surface area contributed by atoms with E-state index in [1.807, 2.05) is 0 Å². The normalized spacial score (nSPS) is 11.5. The molecule has 2 amide bonds. The number of alkyl halides is 9. The van der Waals surface area contributed by atoms with Gasteiger partial charge >= 0.3 is 30.7 Å². The molecule has 0 aliphatic rings. The summed E-state index contributed by atoms with van der Waals surface area (Å²) in [4.78, 5) is 28.7. The molecule has 228 valence electrons. The molecule has 0 fully saturated rings. The van der Waals surface area contributed by atoms with Crippen molar-refractivity contribution >= 4 is 40.8 Å². The zero-order chi connectivity index (χ0) is 31.9. The number of nitrogens with zero attached hydrogens (tertiary/aromatic N) is 2. The van der Waals surface area contributed by atoms with Crippen LogP contribution in [0.1, 0.15) is 5.56 Å². The predicted molar refractivity (Wildman–Crippen MR) is 128 cm³/mol. The predicted octanol–water partition coefficient (Wildman–Crippen LogP) is 7.16. The molecule has 0 atom stereocenters. The molecule has 1 heterocycles. The van der Waals surface area contributed by atoms with E-state index < -0.39 is 52.8 Å². The molecule has 20 heteroatoms. The number of aromatic nitrogens is 2. The third kappa shape index (κ3) is 10.7. The number of carboxylic acids is 1. The second-order valence-corrected chi connectivity index (χ2v) is 7.79. The molecule has 1 aromatic heterocycles. The number of urea groups is 1. The largest absolute Gasteiger partial charge is 0.573 e. The Hall–Kier alpha value is -4.68. The third-order valence-electron chi connectivity index (χ3n) is 4.29. The van der Waals surface area contributed by atoms with Crippen molar-refractivity contribution in [2.75, 3.05) is 23.0 Å². The Labute approximate surface area is 233 Å². The number of aliphatic carboxylic acids is 1. The van der Waals surface area contributed by atoms with Crippen LogP contribution in [0.25, 0.3) is 0 Å². The molecule has 0 saturated carbocycles. The SMILES string of the molecule is CNc1cc(Oc2c(Cl)cc(NC(=O)Nc3cccc(C(F)(F)F)c3)cc2OC(F)(F)F)ncn1.O=C(O)C(F)(F)F. The molecule has 0 saturated heterocycles. The summed E-state index contributed by atoms with van der Waals surface area (Å²) in [6.45, 7) is 0. The summed E-state index contributed by atoms with van der Waals surface area (Å²) in [5, 5.41) is 13.7. The number of hydrogen-bond acceptors (Lipinski definition) is 7. The summed E-state index contributed by atoms with van der Waals surface area (Å²) >= 11 is 6.07. The molecular formula is C22H15ClF9N5O5. The molecule has 4 N–H and O–H groups in total. The molecule has 2 aromatic carbocycles. The van der Waals surface area contributed by atoms with Gasteiger partial charge < -0.3 is 30.5 Å². The van der Waals surface area contributed by atoms with Gasteiger partial charge in [-0.15, -0.1) is 13.2 Å². The number of rotatable bonds is 6. The van der Waals surface area contributed by atoms with E-state index in [9.17, 15) is 44.3 Å². The number of carboxylic acid groups (broad SMARTS) is 1. The summed E-state index contributed by atoms with van der Waals surface area (Å²) in [6, 6.07) is 5.79. The Balaban J connectivity index is 0.000000782. The van der Waals surface area contributed by atoms with Crippen molar-refractivity contribution in [1.82, 2.24) is 9.97 Å². The zero-order valence-electron chi connectivity index (χ0n) is 20.4. The van der Waals surface area contributed by atoms with Gasteiger partial charge in [-0.05, 0) is 24.3 Å². The van der Waals surface area contributed by atoms with Crippen LogP contribution in [0, 0.1) is 0 Å². The molecule has 0 aliphatic carbocycles. The highest BCUT2D eigenvalue weighted by molar-refractivity contribution is 6.32. The second kappa shape index (κ2) is 13.3. The highest BCUT2D eigenvalue weighted by atomic mass is 35.5. The average Bonchev–Trinajstić information content (AvgIpc) is 2.85. The number of anilines is 3. The number of nitrogens with one attached hydrogen (secondary N) is 3. The Bertz CT molecular complexity index is 1420. The quantitative estimate of drug-likeness (QED) is 0.210. The van der Waals surface area contributed by atoms with E-state index in [1.54, 1.807) is 7.05 Å². The van der Waals surface area contributed by atoms with Gasteiger partial charge in [0.05, 0.1) is 10.6 Å². The van der Waals surface area contributed by atoms with Gasteiger partial charge in [-0.3, -0.25) is 0 Å². The lowest BCUT2D eigenvalue weighted by molar-refractivity contribution is -0.275. The van der Waals surface area contributed by atoms with Crippen LogP contribution in [0.3, 0.4) is 0 Å². The number of carbonyl (C=O) groups excluding carboxylic acids is 1. The molecule has 3 rings (SSSR count). The van der Waals surface area contributed by atoms with Gasteiger partial charge in [0.1, 0.15) is 12.1 Å². The maximum Gasteiger partial charge on any atom is 0.573 e. The average molecular weight is 636 g/mol. The van der Waals surface area contributed by atoms with Gasteiger partial charge in [0.25, 0.3) is 0 Å². The number of benzene rings is 2. The lowest BCUT2D eigenvalue weighted by Gasteiger charge is -2.17. The third-order valence-corrected chi connectivity index (χ3v) is 4.57. The van der Waals surface area contributed by atoms with Gasteiger partial charge in [0.15, 0.2) is 11.5 Å². The number of amides is 2. The van der Waals surface area contributed by atoms with E-state index in [1.165, 1.54) is 12.1 Å². The van der Waals surface area contributed by atoms with Gasteiger partial charge in [-0.25, -0.2) is 19.6 Å². The van der Waals surface area contributed by atoms with Crippen LogP contribution < -0.4 is 25.4 Å². The minimum Gasteiger partial charge on any atom is -0.475 e. The molecule has 0 radical (unpaired) electrons. The van der Waals surface area contributed by atoms with Gasteiger partial charge in [-0.2, -0.15) is 26.3 Å². The number of hydrogen-bond donors (Lipinski definition) is 4. The van der Waals surface area contributed by atoms with Crippen molar-refractivity contribution in [2.45, 2.75) is 18.7 Å². The van der Waals surface area contributed by atoms with Gasteiger partial charge in [-0.1, -0.05) is 17.7 Å². The fourth-order valence-electron chi connectivity index (χ4n) is 2.64. The fraction of sp³-hybridized carbons (Fsp3) is 0.182. The first kappa shape index (κ1) is 33.5. The first-order valence-electron chi connectivity index (χ1n) is 10.6. The van der Waals surface area contributed by atoms with Crippen molar-refractivity contribution in [1.29, 1.82) is 0 Å². The second-order valence-electron chi connectivity index (χ2n) is 7.39. The summed E-state index contributed by atoms with van der Waals surface area (Å²) in [5.74, 6) is -4.10. The van der Waals surface area contributed by atoms with Crippen molar-refractivity contribution < 1.29 is 63.7 Å².